The maximum absolute atomic E-state index is 11.4. The first-order valence-electron chi connectivity index (χ1n) is 5.83. The summed E-state index contributed by atoms with van der Waals surface area (Å²) >= 11 is 0. The van der Waals surface area contributed by atoms with E-state index in [4.69, 9.17) is 0 Å². The lowest BCUT2D eigenvalue weighted by Crippen LogP contribution is -2.06. The molecule has 0 aromatic heterocycles. The van der Waals surface area contributed by atoms with Crippen LogP contribution in [0.4, 0.5) is 0 Å². The van der Waals surface area contributed by atoms with E-state index in [-0.39, 0.29) is 0 Å². The van der Waals surface area contributed by atoms with E-state index in [1.807, 2.05) is 36.4 Å². The van der Waals surface area contributed by atoms with Crippen LogP contribution in [0, 0.1) is 5.92 Å². The lowest BCUT2D eigenvalue weighted by molar-refractivity contribution is 0.0698. The summed E-state index contributed by atoms with van der Waals surface area (Å²) in [6.45, 7) is 4.20. The van der Waals surface area contributed by atoms with E-state index < -0.39 is 5.97 Å². The number of carboxylic acids is 1. The molecule has 88 valence electrons. The molecule has 0 aliphatic carbocycles. The Morgan fingerprint density at radius 1 is 1.18 bits per heavy atom. The van der Waals surface area contributed by atoms with Crippen LogP contribution in [0.15, 0.2) is 36.4 Å². The van der Waals surface area contributed by atoms with E-state index in [0.717, 1.165) is 22.8 Å². The Morgan fingerprint density at radius 3 is 2.53 bits per heavy atom. The lowest BCUT2D eigenvalue weighted by Gasteiger charge is -2.11. The quantitative estimate of drug-likeness (QED) is 0.869. The average Bonchev–Trinajstić information content (AvgIpc) is 2.27. The van der Waals surface area contributed by atoms with Gasteiger partial charge in [-0.1, -0.05) is 50.2 Å². The van der Waals surface area contributed by atoms with Crippen LogP contribution in [-0.2, 0) is 6.42 Å². The van der Waals surface area contributed by atoms with Crippen molar-refractivity contribution in [2.45, 2.75) is 20.3 Å². The maximum atomic E-state index is 11.4. The van der Waals surface area contributed by atoms with Crippen LogP contribution in [0.2, 0.25) is 0 Å². The van der Waals surface area contributed by atoms with Gasteiger partial charge >= 0.3 is 5.97 Å². The second-order valence-electron chi connectivity index (χ2n) is 4.72. The van der Waals surface area contributed by atoms with Crippen molar-refractivity contribution in [3.63, 3.8) is 0 Å². The van der Waals surface area contributed by atoms with E-state index in [0.29, 0.717) is 11.5 Å². The molecule has 2 nitrogen and oxygen atoms in total. The molecule has 0 amide bonds. The van der Waals surface area contributed by atoms with Gasteiger partial charge in [0.05, 0.1) is 5.56 Å². The normalized spacial score (nSPS) is 11.0. The van der Waals surface area contributed by atoms with Crippen LogP contribution in [0.1, 0.15) is 29.8 Å². The van der Waals surface area contributed by atoms with Gasteiger partial charge in [0.1, 0.15) is 0 Å². The highest BCUT2D eigenvalue weighted by molar-refractivity contribution is 6.05. The summed E-state index contributed by atoms with van der Waals surface area (Å²) in [4.78, 5) is 11.4. The van der Waals surface area contributed by atoms with Crippen molar-refractivity contribution in [3.8, 4) is 0 Å². The molecule has 2 rings (SSSR count). The molecule has 1 N–H and O–H groups in total. The van der Waals surface area contributed by atoms with Gasteiger partial charge in [0.15, 0.2) is 0 Å². The third-order valence-electron chi connectivity index (χ3n) is 2.86. The van der Waals surface area contributed by atoms with E-state index in [1.165, 1.54) is 0 Å². The lowest BCUT2D eigenvalue weighted by atomic mass is 9.93. The van der Waals surface area contributed by atoms with Crippen LogP contribution in [0.3, 0.4) is 0 Å². The summed E-state index contributed by atoms with van der Waals surface area (Å²) in [6.07, 6.45) is 0.798. The number of benzene rings is 2. The molecule has 0 atom stereocenters. The molecule has 0 radical (unpaired) electrons. The first kappa shape index (κ1) is 11.6. The van der Waals surface area contributed by atoms with Gasteiger partial charge in [-0.3, -0.25) is 0 Å². The fourth-order valence-corrected chi connectivity index (χ4v) is 2.18. The van der Waals surface area contributed by atoms with E-state index in [9.17, 15) is 9.90 Å². The SMILES string of the molecule is CC(C)Cc1ccc2ccccc2c1C(=O)O. The number of rotatable bonds is 3. The highest BCUT2D eigenvalue weighted by Crippen LogP contribution is 2.24. The Hall–Kier alpha value is -1.83. The van der Waals surface area contributed by atoms with Crippen LogP contribution in [0.25, 0.3) is 10.8 Å². The van der Waals surface area contributed by atoms with Gasteiger partial charge < -0.3 is 5.11 Å². The Bertz CT molecular complexity index is 556. The third kappa shape index (κ3) is 2.31. The van der Waals surface area contributed by atoms with E-state index in [2.05, 4.69) is 13.8 Å². The van der Waals surface area contributed by atoms with Gasteiger partial charge in [-0.2, -0.15) is 0 Å². The Balaban J connectivity index is 2.68. The van der Waals surface area contributed by atoms with Crippen molar-refractivity contribution < 1.29 is 9.90 Å². The molecule has 0 saturated heterocycles. The molecule has 0 spiro atoms. The Labute approximate surface area is 101 Å². The van der Waals surface area contributed by atoms with E-state index >= 15 is 0 Å². The minimum absolute atomic E-state index is 0.453. The summed E-state index contributed by atoms with van der Waals surface area (Å²) in [5.41, 5.74) is 1.38. The first-order chi connectivity index (χ1) is 8.09. The topological polar surface area (TPSA) is 37.3 Å². The van der Waals surface area contributed by atoms with Gasteiger partial charge in [-0.25, -0.2) is 4.79 Å². The molecule has 17 heavy (non-hydrogen) atoms. The van der Waals surface area contributed by atoms with Crippen LogP contribution >= 0.6 is 0 Å². The zero-order valence-corrected chi connectivity index (χ0v) is 10.1. The zero-order valence-electron chi connectivity index (χ0n) is 10.1. The fourth-order valence-electron chi connectivity index (χ4n) is 2.18. The molecule has 2 aromatic carbocycles. The fraction of sp³-hybridized carbons (Fsp3) is 0.267. The molecule has 0 aliphatic heterocycles. The van der Waals surface area contributed by atoms with Crippen LogP contribution < -0.4 is 0 Å². The second kappa shape index (κ2) is 4.58. The molecular formula is C15H16O2. The molecule has 0 saturated carbocycles. The molecule has 0 bridgehead atoms. The third-order valence-corrected chi connectivity index (χ3v) is 2.86. The summed E-state index contributed by atoms with van der Waals surface area (Å²) in [6, 6.07) is 11.6. The number of hydrogen-bond donors (Lipinski definition) is 1. The molecule has 0 fully saturated rings. The predicted molar refractivity (Wildman–Crippen MR) is 69.4 cm³/mol. The number of carboxylic acid groups (broad SMARTS) is 1. The minimum Gasteiger partial charge on any atom is -0.478 e. The second-order valence-corrected chi connectivity index (χ2v) is 4.72. The van der Waals surface area contributed by atoms with Crippen molar-refractivity contribution in [2.24, 2.45) is 5.92 Å². The molecular weight excluding hydrogens is 212 g/mol. The molecule has 2 heteroatoms. The highest BCUT2D eigenvalue weighted by Gasteiger charge is 2.14. The van der Waals surface area contributed by atoms with Gasteiger partial charge in [-0.15, -0.1) is 0 Å². The van der Waals surface area contributed by atoms with Gasteiger partial charge in [0.2, 0.25) is 0 Å². The molecule has 0 unspecified atom stereocenters. The highest BCUT2D eigenvalue weighted by atomic mass is 16.4. The zero-order chi connectivity index (χ0) is 12.4. The van der Waals surface area contributed by atoms with Crippen molar-refractivity contribution in [2.75, 3.05) is 0 Å². The monoisotopic (exact) mass is 228 g/mol. The first-order valence-corrected chi connectivity index (χ1v) is 5.83. The molecule has 0 heterocycles. The number of aromatic carboxylic acids is 1. The number of carbonyl (C=O) groups is 1. The van der Waals surface area contributed by atoms with Crippen molar-refractivity contribution in [3.05, 3.63) is 47.5 Å². The summed E-state index contributed by atoms with van der Waals surface area (Å²) < 4.78 is 0. The summed E-state index contributed by atoms with van der Waals surface area (Å²) in [7, 11) is 0. The predicted octanol–water partition coefficient (Wildman–Crippen LogP) is 3.74. The number of hydrogen-bond acceptors (Lipinski definition) is 1. The summed E-state index contributed by atoms with van der Waals surface area (Å²) in [5, 5.41) is 11.2. The van der Waals surface area contributed by atoms with Gasteiger partial charge in [0.25, 0.3) is 0 Å². The van der Waals surface area contributed by atoms with Gasteiger partial charge in [0, 0.05) is 0 Å². The molecule has 2 aromatic rings. The Kier molecular flexibility index (Phi) is 3.14. The Morgan fingerprint density at radius 2 is 1.88 bits per heavy atom. The largest absolute Gasteiger partial charge is 0.478 e. The van der Waals surface area contributed by atoms with Gasteiger partial charge in [-0.05, 0) is 28.7 Å². The summed E-state index contributed by atoms with van der Waals surface area (Å²) in [5.74, 6) is -0.383. The average molecular weight is 228 g/mol. The van der Waals surface area contributed by atoms with Crippen molar-refractivity contribution in [1.29, 1.82) is 0 Å². The standard InChI is InChI=1S/C15H16O2/c1-10(2)9-12-8-7-11-5-3-4-6-13(11)14(12)15(16)17/h3-8,10H,9H2,1-2H3,(H,16,17). The van der Waals surface area contributed by atoms with Crippen molar-refractivity contribution in [1.82, 2.24) is 0 Å². The smallest absolute Gasteiger partial charge is 0.336 e. The van der Waals surface area contributed by atoms with E-state index in [1.54, 1.807) is 0 Å². The van der Waals surface area contributed by atoms with Crippen molar-refractivity contribution >= 4 is 16.7 Å². The van der Waals surface area contributed by atoms with Crippen LogP contribution in [-0.4, -0.2) is 11.1 Å². The minimum atomic E-state index is -0.836. The molecule has 0 aliphatic rings. The number of fused-ring (bicyclic) bond motifs is 1. The maximum Gasteiger partial charge on any atom is 0.336 e. The van der Waals surface area contributed by atoms with Crippen LogP contribution in [0.5, 0.6) is 0 Å².